The van der Waals surface area contributed by atoms with Gasteiger partial charge < -0.3 is 5.32 Å². The van der Waals surface area contributed by atoms with Crippen LogP contribution in [-0.2, 0) is 6.42 Å². The summed E-state index contributed by atoms with van der Waals surface area (Å²) in [6.07, 6.45) is 3.55. The number of para-hydroxylation sites is 1. The van der Waals surface area contributed by atoms with Crippen molar-refractivity contribution in [3.8, 4) is 0 Å². The van der Waals surface area contributed by atoms with Crippen molar-refractivity contribution in [1.82, 2.24) is 0 Å². The summed E-state index contributed by atoms with van der Waals surface area (Å²) in [5, 5.41) is 3.60. The molecule has 0 aromatic heterocycles. The van der Waals surface area contributed by atoms with E-state index in [0.29, 0.717) is 0 Å². The zero-order valence-corrected chi connectivity index (χ0v) is 13.0. The maximum absolute atomic E-state index is 4.14. The Morgan fingerprint density at radius 2 is 1.55 bits per heavy atom. The lowest BCUT2D eigenvalue weighted by Gasteiger charge is -2.21. The van der Waals surface area contributed by atoms with E-state index in [1.165, 1.54) is 5.56 Å². The van der Waals surface area contributed by atoms with Crippen molar-refractivity contribution in [2.75, 3.05) is 5.32 Å². The summed E-state index contributed by atoms with van der Waals surface area (Å²) >= 11 is 0. The molecule has 1 nitrogen and oxygen atoms in total. The fourth-order valence-electron chi connectivity index (χ4n) is 2.42. The molecule has 22 heavy (non-hydrogen) atoms. The van der Waals surface area contributed by atoms with Gasteiger partial charge in [0.15, 0.2) is 0 Å². The second-order valence-corrected chi connectivity index (χ2v) is 5.43. The molecule has 2 rings (SSSR count). The molecule has 2 aromatic rings. The van der Waals surface area contributed by atoms with Crippen LogP contribution < -0.4 is 5.32 Å². The van der Waals surface area contributed by atoms with Gasteiger partial charge in [0.25, 0.3) is 0 Å². The summed E-state index contributed by atoms with van der Waals surface area (Å²) in [6.45, 7) is 11.9. The number of allylic oxidation sites excluding steroid dienone is 2. The van der Waals surface area contributed by atoms with Crippen LogP contribution >= 0.6 is 0 Å². The largest absolute Gasteiger partial charge is 0.382 e. The minimum absolute atomic E-state index is 0.272. The molecule has 0 aliphatic carbocycles. The van der Waals surface area contributed by atoms with Gasteiger partial charge in [-0.05, 0) is 41.7 Å². The molecule has 112 valence electrons. The summed E-state index contributed by atoms with van der Waals surface area (Å²) in [6, 6.07) is 21.1. The van der Waals surface area contributed by atoms with Crippen LogP contribution in [0.25, 0.3) is 0 Å². The lowest BCUT2D eigenvalue weighted by Crippen LogP contribution is -2.23. The van der Waals surface area contributed by atoms with Crippen molar-refractivity contribution in [1.29, 1.82) is 0 Å². The molecule has 0 aliphatic heterocycles. The van der Waals surface area contributed by atoms with Crippen LogP contribution in [0.5, 0.6) is 0 Å². The Labute approximate surface area is 133 Å². The molecule has 2 aromatic carbocycles. The van der Waals surface area contributed by atoms with Gasteiger partial charge in [-0.25, -0.2) is 0 Å². The van der Waals surface area contributed by atoms with Crippen molar-refractivity contribution >= 4 is 5.69 Å². The number of rotatable bonds is 8. The zero-order valence-electron chi connectivity index (χ0n) is 13.0. The number of nitrogens with one attached hydrogen (secondary N) is 1. The topological polar surface area (TPSA) is 12.0 Å². The van der Waals surface area contributed by atoms with Crippen LogP contribution in [-0.4, -0.2) is 6.04 Å². The van der Waals surface area contributed by atoms with Gasteiger partial charge in [-0.15, -0.1) is 0 Å². The van der Waals surface area contributed by atoms with E-state index in [1.807, 2.05) is 24.3 Å². The highest BCUT2D eigenvalue weighted by atomic mass is 14.9. The lowest BCUT2D eigenvalue weighted by atomic mass is 9.96. The van der Waals surface area contributed by atoms with Crippen molar-refractivity contribution in [2.45, 2.75) is 18.9 Å². The van der Waals surface area contributed by atoms with Gasteiger partial charge in [-0.1, -0.05) is 74.3 Å². The molecule has 1 heteroatoms. The lowest BCUT2D eigenvalue weighted by molar-refractivity contribution is 0.712. The van der Waals surface area contributed by atoms with Crippen LogP contribution in [0.1, 0.15) is 12.0 Å². The fraction of sp³-hybridized carbons (Fsp3) is 0.143. The first-order valence-electron chi connectivity index (χ1n) is 7.54. The first-order chi connectivity index (χ1) is 10.7. The number of hydrogen-bond acceptors (Lipinski definition) is 1. The standard InChI is InChI=1S/C21H23N/c1-4-17(2)18(3)15-21(16-19-11-7-5-8-12-19)22-20-13-9-6-10-14-20/h4-14,21-22H,1-3,15-16H2. The normalized spacial score (nSPS) is 11.5. The Balaban J connectivity index is 2.11. The third-order valence-corrected chi connectivity index (χ3v) is 3.66. The Morgan fingerprint density at radius 1 is 0.955 bits per heavy atom. The Hall–Kier alpha value is -2.54. The highest BCUT2D eigenvalue weighted by Gasteiger charge is 2.12. The van der Waals surface area contributed by atoms with E-state index in [9.17, 15) is 0 Å². The van der Waals surface area contributed by atoms with E-state index in [-0.39, 0.29) is 6.04 Å². The maximum atomic E-state index is 4.14. The van der Waals surface area contributed by atoms with E-state index in [2.05, 4.69) is 61.5 Å². The number of benzene rings is 2. The zero-order chi connectivity index (χ0) is 15.8. The van der Waals surface area contributed by atoms with Crippen molar-refractivity contribution in [3.63, 3.8) is 0 Å². The van der Waals surface area contributed by atoms with Crippen LogP contribution in [0.3, 0.4) is 0 Å². The Bertz CT molecular complexity index is 584. The molecule has 0 saturated carbocycles. The van der Waals surface area contributed by atoms with Crippen LogP contribution in [0.15, 0.2) is 97.6 Å². The molecule has 1 atom stereocenters. The molecule has 0 amide bonds. The first-order valence-corrected chi connectivity index (χ1v) is 7.54. The van der Waals surface area contributed by atoms with Crippen LogP contribution in [0, 0.1) is 0 Å². The number of anilines is 1. The van der Waals surface area contributed by atoms with Crippen LogP contribution in [0.2, 0.25) is 0 Å². The molecule has 0 saturated heterocycles. The van der Waals surface area contributed by atoms with Gasteiger partial charge in [0, 0.05) is 11.7 Å². The summed E-state index contributed by atoms with van der Waals surface area (Å²) in [5.41, 5.74) is 4.38. The molecule has 0 spiro atoms. The highest BCUT2D eigenvalue weighted by molar-refractivity contribution is 5.45. The SMILES string of the molecule is C=CC(=C)C(=C)CC(Cc1ccccc1)Nc1ccccc1. The van der Waals surface area contributed by atoms with Gasteiger partial charge in [-0.3, -0.25) is 0 Å². The van der Waals surface area contributed by atoms with E-state index in [4.69, 9.17) is 0 Å². The molecule has 0 fully saturated rings. The van der Waals surface area contributed by atoms with Gasteiger partial charge in [0.1, 0.15) is 0 Å². The van der Waals surface area contributed by atoms with E-state index >= 15 is 0 Å². The molecular formula is C21H23N. The predicted molar refractivity (Wildman–Crippen MR) is 97.1 cm³/mol. The predicted octanol–water partition coefficient (Wildman–Crippen LogP) is 5.40. The minimum Gasteiger partial charge on any atom is -0.382 e. The quantitative estimate of drug-likeness (QED) is 0.642. The van der Waals surface area contributed by atoms with E-state index in [0.717, 1.165) is 29.7 Å². The van der Waals surface area contributed by atoms with Crippen LogP contribution in [0.4, 0.5) is 5.69 Å². The van der Waals surface area contributed by atoms with Gasteiger partial charge in [0.2, 0.25) is 0 Å². The molecule has 0 heterocycles. The van der Waals surface area contributed by atoms with Crippen molar-refractivity contribution < 1.29 is 0 Å². The van der Waals surface area contributed by atoms with Gasteiger partial charge in [-0.2, -0.15) is 0 Å². The Kier molecular flexibility index (Phi) is 5.79. The third kappa shape index (κ3) is 4.78. The monoisotopic (exact) mass is 289 g/mol. The summed E-state index contributed by atoms with van der Waals surface area (Å²) in [7, 11) is 0. The highest BCUT2D eigenvalue weighted by Crippen LogP contribution is 2.19. The molecule has 0 aliphatic rings. The average molecular weight is 289 g/mol. The maximum Gasteiger partial charge on any atom is 0.0342 e. The summed E-state index contributed by atoms with van der Waals surface area (Å²) in [5.74, 6) is 0. The van der Waals surface area contributed by atoms with Gasteiger partial charge in [0.05, 0.1) is 0 Å². The van der Waals surface area contributed by atoms with E-state index in [1.54, 1.807) is 6.08 Å². The van der Waals surface area contributed by atoms with Gasteiger partial charge >= 0.3 is 0 Å². The first kappa shape index (κ1) is 15.8. The molecule has 1 N–H and O–H groups in total. The second kappa shape index (κ2) is 8.04. The smallest absolute Gasteiger partial charge is 0.0342 e. The summed E-state index contributed by atoms with van der Waals surface area (Å²) in [4.78, 5) is 0. The minimum atomic E-state index is 0.272. The number of hydrogen-bond donors (Lipinski definition) is 1. The fourth-order valence-corrected chi connectivity index (χ4v) is 2.42. The van der Waals surface area contributed by atoms with E-state index < -0.39 is 0 Å². The Morgan fingerprint density at radius 3 is 2.14 bits per heavy atom. The second-order valence-electron chi connectivity index (χ2n) is 5.43. The molecule has 0 bridgehead atoms. The third-order valence-electron chi connectivity index (χ3n) is 3.66. The van der Waals surface area contributed by atoms with Crippen molar-refractivity contribution in [2.24, 2.45) is 0 Å². The molecular weight excluding hydrogens is 266 g/mol. The average Bonchev–Trinajstić information content (AvgIpc) is 2.55. The summed E-state index contributed by atoms with van der Waals surface area (Å²) < 4.78 is 0. The van der Waals surface area contributed by atoms with Crippen molar-refractivity contribution in [3.05, 3.63) is 103 Å². The molecule has 0 radical (unpaired) electrons. The molecule has 1 unspecified atom stereocenters.